The van der Waals surface area contributed by atoms with Gasteiger partial charge in [0.15, 0.2) is 5.76 Å². The van der Waals surface area contributed by atoms with Crippen molar-refractivity contribution in [1.82, 2.24) is 15.1 Å². The second kappa shape index (κ2) is 7.13. The van der Waals surface area contributed by atoms with Crippen molar-refractivity contribution in [1.29, 1.82) is 0 Å². The second-order valence-corrected chi connectivity index (χ2v) is 5.47. The van der Waals surface area contributed by atoms with E-state index in [1.807, 2.05) is 13.8 Å². The average Bonchev–Trinajstić information content (AvgIpc) is 2.96. The number of aromatic nitrogens is 2. The Morgan fingerprint density at radius 3 is 2.83 bits per heavy atom. The van der Waals surface area contributed by atoms with Gasteiger partial charge in [0.25, 0.3) is 5.56 Å². The summed E-state index contributed by atoms with van der Waals surface area (Å²) in [6.07, 6.45) is 1.86. The van der Waals surface area contributed by atoms with E-state index in [0.29, 0.717) is 18.0 Å². The summed E-state index contributed by atoms with van der Waals surface area (Å²) in [5.41, 5.74) is 5.73. The first-order valence-electron chi connectivity index (χ1n) is 7.68. The second-order valence-electron chi connectivity index (χ2n) is 5.47. The van der Waals surface area contributed by atoms with Gasteiger partial charge in [-0.3, -0.25) is 9.59 Å². The SMILES string of the molecule is CCCCNC(=O)[C@@H](C)n1nc(-c2ccc(C)o2)cc(N)c1=O. The van der Waals surface area contributed by atoms with E-state index in [-0.39, 0.29) is 11.6 Å². The van der Waals surface area contributed by atoms with Crippen LogP contribution in [0.4, 0.5) is 5.69 Å². The van der Waals surface area contributed by atoms with Crippen LogP contribution in [0, 0.1) is 6.92 Å². The number of hydrogen-bond acceptors (Lipinski definition) is 5. The van der Waals surface area contributed by atoms with E-state index < -0.39 is 11.6 Å². The number of hydrogen-bond donors (Lipinski definition) is 2. The van der Waals surface area contributed by atoms with Crippen molar-refractivity contribution in [3.8, 4) is 11.5 Å². The first-order chi connectivity index (χ1) is 10.9. The predicted molar refractivity (Wildman–Crippen MR) is 88.0 cm³/mol. The number of aryl methyl sites for hydroxylation is 1. The van der Waals surface area contributed by atoms with Gasteiger partial charge in [-0.1, -0.05) is 13.3 Å². The van der Waals surface area contributed by atoms with Crippen LogP contribution in [0.3, 0.4) is 0 Å². The van der Waals surface area contributed by atoms with Gasteiger partial charge >= 0.3 is 0 Å². The summed E-state index contributed by atoms with van der Waals surface area (Å²) < 4.78 is 6.61. The third-order valence-electron chi connectivity index (χ3n) is 3.53. The molecule has 23 heavy (non-hydrogen) atoms. The van der Waals surface area contributed by atoms with Crippen LogP contribution >= 0.6 is 0 Å². The fourth-order valence-electron chi connectivity index (χ4n) is 2.13. The molecule has 0 fully saturated rings. The van der Waals surface area contributed by atoms with Crippen LogP contribution in [-0.4, -0.2) is 22.2 Å². The molecular weight excluding hydrogens is 296 g/mol. The highest BCUT2D eigenvalue weighted by atomic mass is 16.3. The summed E-state index contributed by atoms with van der Waals surface area (Å²) in [5, 5.41) is 7.02. The summed E-state index contributed by atoms with van der Waals surface area (Å²) in [4.78, 5) is 24.4. The number of anilines is 1. The zero-order valence-corrected chi connectivity index (χ0v) is 13.6. The largest absolute Gasteiger partial charge is 0.460 e. The Hall–Kier alpha value is -2.57. The third-order valence-corrected chi connectivity index (χ3v) is 3.53. The van der Waals surface area contributed by atoms with Gasteiger partial charge in [-0.05, 0) is 38.5 Å². The smallest absolute Gasteiger partial charge is 0.290 e. The van der Waals surface area contributed by atoms with Crippen LogP contribution in [0.5, 0.6) is 0 Å². The van der Waals surface area contributed by atoms with Gasteiger partial charge in [0.05, 0.1) is 0 Å². The van der Waals surface area contributed by atoms with E-state index in [0.717, 1.165) is 23.3 Å². The quantitative estimate of drug-likeness (QED) is 0.791. The zero-order chi connectivity index (χ0) is 17.0. The number of nitrogen functional groups attached to an aromatic ring is 1. The molecule has 1 amide bonds. The topological polar surface area (TPSA) is 103 Å². The van der Waals surface area contributed by atoms with Crippen LogP contribution in [-0.2, 0) is 4.79 Å². The fraction of sp³-hybridized carbons (Fsp3) is 0.438. The van der Waals surface area contributed by atoms with Crippen LogP contribution in [0.15, 0.2) is 27.4 Å². The molecule has 2 aromatic rings. The lowest BCUT2D eigenvalue weighted by molar-refractivity contribution is -0.124. The van der Waals surface area contributed by atoms with Crippen molar-refractivity contribution in [2.45, 2.75) is 39.7 Å². The van der Waals surface area contributed by atoms with Gasteiger partial charge in [-0.2, -0.15) is 5.10 Å². The molecule has 0 spiro atoms. The number of furan rings is 1. The summed E-state index contributed by atoms with van der Waals surface area (Å²) >= 11 is 0. The Labute approximate surface area is 134 Å². The minimum Gasteiger partial charge on any atom is -0.460 e. The molecule has 2 aromatic heterocycles. The van der Waals surface area contributed by atoms with E-state index in [1.54, 1.807) is 19.1 Å². The van der Waals surface area contributed by atoms with Crippen LogP contribution < -0.4 is 16.6 Å². The highest BCUT2D eigenvalue weighted by Crippen LogP contribution is 2.20. The number of nitrogens with two attached hydrogens (primary N) is 1. The Bertz CT molecular complexity index is 748. The molecule has 0 aliphatic rings. The number of nitrogens with one attached hydrogen (secondary N) is 1. The third kappa shape index (κ3) is 3.80. The molecule has 3 N–H and O–H groups in total. The molecule has 7 heteroatoms. The van der Waals surface area contributed by atoms with Crippen molar-refractivity contribution < 1.29 is 9.21 Å². The lowest BCUT2D eigenvalue weighted by atomic mass is 10.2. The van der Waals surface area contributed by atoms with Crippen molar-refractivity contribution in [3.05, 3.63) is 34.3 Å². The van der Waals surface area contributed by atoms with Crippen molar-refractivity contribution in [2.24, 2.45) is 0 Å². The van der Waals surface area contributed by atoms with E-state index in [2.05, 4.69) is 10.4 Å². The number of carbonyl (C=O) groups excluding carboxylic acids is 1. The van der Waals surface area contributed by atoms with Crippen LogP contribution in [0.2, 0.25) is 0 Å². The maximum Gasteiger partial charge on any atom is 0.290 e. The molecule has 124 valence electrons. The standard InChI is InChI=1S/C16H22N4O3/c1-4-5-8-18-15(21)11(3)20-16(22)12(17)9-13(19-20)14-7-6-10(2)23-14/h6-7,9,11H,4-5,8,17H2,1-3H3,(H,18,21)/t11-/m1/s1. The molecule has 0 aromatic carbocycles. The maximum atomic E-state index is 12.2. The molecule has 0 aliphatic heterocycles. The van der Waals surface area contributed by atoms with Gasteiger partial charge in [-0.15, -0.1) is 0 Å². The first kappa shape index (κ1) is 16.8. The molecule has 0 saturated heterocycles. The highest BCUT2D eigenvalue weighted by molar-refractivity contribution is 5.79. The minimum absolute atomic E-state index is 0.0252. The minimum atomic E-state index is -0.752. The molecule has 2 heterocycles. The summed E-state index contributed by atoms with van der Waals surface area (Å²) in [7, 11) is 0. The van der Waals surface area contributed by atoms with Gasteiger partial charge in [-0.25, -0.2) is 4.68 Å². The monoisotopic (exact) mass is 318 g/mol. The molecule has 0 unspecified atom stereocenters. The summed E-state index contributed by atoms with van der Waals surface area (Å²) in [5.74, 6) is 0.963. The Kier molecular flexibility index (Phi) is 5.20. The molecule has 0 aliphatic carbocycles. The maximum absolute atomic E-state index is 12.2. The van der Waals surface area contributed by atoms with Gasteiger partial charge in [0, 0.05) is 6.54 Å². The lowest BCUT2D eigenvalue weighted by Gasteiger charge is -2.15. The van der Waals surface area contributed by atoms with Crippen LogP contribution in [0.1, 0.15) is 38.5 Å². The van der Waals surface area contributed by atoms with E-state index >= 15 is 0 Å². The molecule has 0 saturated carbocycles. The lowest BCUT2D eigenvalue weighted by Crippen LogP contribution is -2.38. The van der Waals surface area contributed by atoms with Crippen molar-refractivity contribution in [2.75, 3.05) is 12.3 Å². The number of rotatable bonds is 6. The van der Waals surface area contributed by atoms with Gasteiger partial charge in [0.2, 0.25) is 5.91 Å². The van der Waals surface area contributed by atoms with Crippen molar-refractivity contribution in [3.63, 3.8) is 0 Å². The predicted octanol–water partition coefficient (Wildman–Crippen LogP) is 1.87. The molecule has 0 bridgehead atoms. The first-order valence-corrected chi connectivity index (χ1v) is 7.68. The number of carbonyl (C=O) groups is 1. The van der Waals surface area contributed by atoms with E-state index in [4.69, 9.17) is 10.2 Å². The van der Waals surface area contributed by atoms with E-state index in [9.17, 15) is 9.59 Å². The van der Waals surface area contributed by atoms with Gasteiger partial charge in [0.1, 0.15) is 23.2 Å². The van der Waals surface area contributed by atoms with E-state index in [1.165, 1.54) is 6.07 Å². The normalized spacial score (nSPS) is 12.1. The molecule has 0 radical (unpaired) electrons. The molecule has 1 atom stereocenters. The highest BCUT2D eigenvalue weighted by Gasteiger charge is 2.20. The van der Waals surface area contributed by atoms with Crippen LogP contribution in [0.25, 0.3) is 11.5 Å². The Morgan fingerprint density at radius 1 is 1.48 bits per heavy atom. The molecule has 7 nitrogen and oxygen atoms in total. The average molecular weight is 318 g/mol. The summed E-state index contributed by atoms with van der Waals surface area (Å²) in [6.45, 7) is 6.04. The Balaban J connectivity index is 2.32. The number of amides is 1. The Morgan fingerprint density at radius 2 is 2.22 bits per heavy atom. The van der Waals surface area contributed by atoms with Crippen molar-refractivity contribution >= 4 is 11.6 Å². The number of unbranched alkanes of at least 4 members (excludes halogenated alkanes) is 1. The summed E-state index contributed by atoms with van der Waals surface area (Å²) in [6, 6.07) is 4.25. The van der Waals surface area contributed by atoms with Gasteiger partial charge < -0.3 is 15.5 Å². The zero-order valence-electron chi connectivity index (χ0n) is 13.6. The molecule has 2 rings (SSSR count). The molecular formula is C16H22N4O3. The fourth-order valence-corrected chi connectivity index (χ4v) is 2.13. The number of nitrogens with zero attached hydrogens (tertiary/aromatic N) is 2.